The van der Waals surface area contributed by atoms with Gasteiger partial charge in [0.2, 0.25) is 0 Å². The van der Waals surface area contributed by atoms with Gasteiger partial charge in [-0.2, -0.15) is 9.61 Å². The molecule has 0 spiro atoms. The zero-order chi connectivity index (χ0) is 19.1. The van der Waals surface area contributed by atoms with Gasteiger partial charge >= 0.3 is 5.69 Å². The molecular weight excluding hydrogens is 354 g/mol. The molecule has 0 aliphatic rings. The molecule has 0 aliphatic heterocycles. The number of nitrogens with one attached hydrogen (secondary N) is 1. The first kappa shape index (κ1) is 16.2. The average molecular weight is 371 g/mol. The van der Waals surface area contributed by atoms with E-state index in [0.29, 0.717) is 11.5 Å². The van der Waals surface area contributed by atoms with Crippen molar-refractivity contribution in [2.45, 2.75) is 13.0 Å². The summed E-state index contributed by atoms with van der Waals surface area (Å²) < 4.78 is 4.89. The topological polar surface area (TPSA) is 81.5 Å². The molecule has 5 aromatic rings. The molecule has 0 saturated carbocycles. The van der Waals surface area contributed by atoms with Crippen LogP contribution in [0.2, 0.25) is 0 Å². The van der Waals surface area contributed by atoms with E-state index in [-0.39, 0.29) is 11.7 Å². The lowest BCUT2D eigenvalue weighted by Gasteiger charge is -2.20. The number of hydrogen-bond donors (Lipinski definition) is 1. The minimum absolute atomic E-state index is 0.163. The molecule has 1 aromatic carbocycles. The lowest BCUT2D eigenvalue weighted by Crippen LogP contribution is -2.31. The van der Waals surface area contributed by atoms with Crippen molar-refractivity contribution in [3.05, 3.63) is 89.5 Å². The third-order valence-electron chi connectivity index (χ3n) is 4.64. The molecule has 0 unspecified atom stereocenters. The Labute approximate surface area is 159 Å². The SMILES string of the molecule is C[C@H](Nc1ccnc2ccnn12)c1nc2cccn2c(=O)n1-c1ccccc1. The van der Waals surface area contributed by atoms with Crippen LogP contribution >= 0.6 is 0 Å². The predicted octanol–water partition coefficient (Wildman–Crippen LogP) is 2.70. The summed E-state index contributed by atoms with van der Waals surface area (Å²) in [5.41, 5.74) is 1.95. The Kier molecular flexibility index (Phi) is 3.68. The van der Waals surface area contributed by atoms with Crippen LogP contribution in [0.5, 0.6) is 0 Å². The fourth-order valence-electron chi connectivity index (χ4n) is 3.34. The van der Waals surface area contributed by atoms with Crippen LogP contribution in [0.1, 0.15) is 18.8 Å². The first-order chi connectivity index (χ1) is 13.7. The van der Waals surface area contributed by atoms with Crippen molar-refractivity contribution in [2.75, 3.05) is 5.32 Å². The number of hydrogen-bond acceptors (Lipinski definition) is 5. The van der Waals surface area contributed by atoms with Crippen LogP contribution in [0.3, 0.4) is 0 Å². The monoisotopic (exact) mass is 371 g/mol. The van der Waals surface area contributed by atoms with Crippen molar-refractivity contribution in [3.8, 4) is 5.69 Å². The summed E-state index contributed by atoms with van der Waals surface area (Å²) in [6, 6.07) is 16.6. The Morgan fingerprint density at radius 3 is 2.68 bits per heavy atom. The van der Waals surface area contributed by atoms with Crippen molar-refractivity contribution >= 4 is 17.1 Å². The first-order valence-corrected chi connectivity index (χ1v) is 8.93. The van der Waals surface area contributed by atoms with Gasteiger partial charge in [0, 0.05) is 18.5 Å². The fraction of sp³-hybridized carbons (Fsp3) is 0.100. The van der Waals surface area contributed by atoms with Crippen LogP contribution in [0.25, 0.3) is 17.0 Å². The van der Waals surface area contributed by atoms with E-state index in [1.807, 2.05) is 61.5 Å². The van der Waals surface area contributed by atoms with Crippen molar-refractivity contribution in [1.29, 1.82) is 0 Å². The minimum Gasteiger partial charge on any atom is -0.360 e. The van der Waals surface area contributed by atoms with E-state index in [2.05, 4.69) is 15.4 Å². The molecule has 8 heteroatoms. The van der Waals surface area contributed by atoms with Crippen LogP contribution in [-0.2, 0) is 0 Å². The van der Waals surface area contributed by atoms with Gasteiger partial charge < -0.3 is 5.32 Å². The van der Waals surface area contributed by atoms with E-state index in [0.717, 1.165) is 17.2 Å². The molecule has 0 radical (unpaired) electrons. The molecule has 8 nitrogen and oxygen atoms in total. The second-order valence-corrected chi connectivity index (χ2v) is 6.46. The molecule has 0 saturated heterocycles. The third kappa shape index (κ3) is 2.54. The van der Waals surface area contributed by atoms with E-state index >= 15 is 0 Å². The van der Waals surface area contributed by atoms with Gasteiger partial charge in [-0.1, -0.05) is 18.2 Å². The Balaban J connectivity index is 1.67. The number of fused-ring (bicyclic) bond motifs is 2. The number of nitrogens with zero attached hydrogens (tertiary/aromatic N) is 6. The Bertz CT molecular complexity index is 1330. The Morgan fingerprint density at radius 1 is 0.964 bits per heavy atom. The van der Waals surface area contributed by atoms with Gasteiger partial charge in [-0.05, 0) is 37.3 Å². The smallest absolute Gasteiger partial charge is 0.339 e. The number of para-hydroxylation sites is 1. The maximum Gasteiger partial charge on any atom is 0.339 e. The Hall–Kier alpha value is -3.94. The summed E-state index contributed by atoms with van der Waals surface area (Å²) in [7, 11) is 0. The summed E-state index contributed by atoms with van der Waals surface area (Å²) in [6.45, 7) is 1.97. The van der Waals surface area contributed by atoms with E-state index in [9.17, 15) is 4.79 Å². The highest BCUT2D eigenvalue weighted by molar-refractivity contribution is 5.48. The number of anilines is 1. The zero-order valence-electron chi connectivity index (χ0n) is 15.1. The van der Waals surface area contributed by atoms with Crippen LogP contribution < -0.4 is 11.0 Å². The molecule has 1 atom stereocenters. The normalized spacial score (nSPS) is 12.5. The second kappa shape index (κ2) is 6.34. The lowest BCUT2D eigenvalue weighted by atomic mass is 10.2. The summed E-state index contributed by atoms with van der Waals surface area (Å²) in [4.78, 5) is 22.2. The standard InChI is InChI=1S/C20H17N7O/c1-14(23-18-9-11-21-16-10-12-22-27(16)18)19-24-17-8-5-13-25(17)20(28)26(19)15-6-3-2-4-7-15/h2-14,23H,1H3/t14-/m0/s1. The molecule has 0 aliphatic carbocycles. The minimum atomic E-state index is -0.261. The molecule has 138 valence electrons. The third-order valence-corrected chi connectivity index (χ3v) is 4.64. The van der Waals surface area contributed by atoms with Crippen LogP contribution in [0.4, 0.5) is 5.82 Å². The molecular formula is C20H17N7O. The van der Waals surface area contributed by atoms with Crippen molar-refractivity contribution in [3.63, 3.8) is 0 Å². The van der Waals surface area contributed by atoms with Crippen LogP contribution in [0, 0.1) is 0 Å². The predicted molar refractivity (Wildman–Crippen MR) is 106 cm³/mol. The van der Waals surface area contributed by atoms with Gasteiger partial charge in [0.1, 0.15) is 17.3 Å². The number of benzene rings is 1. The van der Waals surface area contributed by atoms with Crippen molar-refractivity contribution in [2.24, 2.45) is 0 Å². The summed E-state index contributed by atoms with van der Waals surface area (Å²) in [5.74, 6) is 1.38. The second-order valence-electron chi connectivity index (χ2n) is 6.46. The quantitative estimate of drug-likeness (QED) is 0.525. The van der Waals surface area contributed by atoms with Gasteiger partial charge in [-0.15, -0.1) is 0 Å². The molecule has 0 bridgehead atoms. The number of aromatic nitrogens is 6. The van der Waals surface area contributed by atoms with E-state index < -0.39 is 0 Å². The molecule has 4 aromatic heterocycles. The maximum absolute atomic E-state index is 13.2. The summed E-state index contributed by atoms with van der Waals surface area (Å²) >= 11 is 0. The fourth-order valence-corrected chi connectivity index (χ4v) is 3.34. The van der Waals surface area contributed by atoms with Crippen LogP contribution in [0.15, 0.2) is 78.0 Å². The first-order valence-electron chi connectivity index (χ1n) is 8.93. The zero-order valence-corrected chi connectivity index (χ0v) is 15.1. The lowest BCUT2D eigenvalue weighted by molar-refractivity contribution is 0.691. The summed E-state index contributed by atoms with van der Waals surface area (Å²) in [5, 5.41) is 7.71. The van der Waals surface area contributed by atoms with Gasteiger partial charge in [-0.3, -0.25) is 4.40 Å². The van der Waals surface area contributed by atoms with Gasteiger partial charge in [-0.25, -0.2) is 19.3 Å². The molecule has 0 amide bonds. The van der Waals surface area contributed by atoms with Gasteiger partial charge in [0.25, 0.3) is 0 Å². The van der Waals surface area contributed by atoms with Gasteiger partial charge in [0.15, 0.2) is 5.65 Å². The average Bonchev–Trinajstić information content (AvgIpc) is 3.38. The van der Waals surface area contributed by atoms with Crippen molar-refractivity contribution < 1.29 is 0 Å². The maximum atomic E-state index is 13.2. The molecule has 4 heterocycles. The number of rotatable bonds is 4. The molecule has 28 heavy (non-hydrogen) atoms. The van der Waals surface area contributed by atoms with Gasteiger partial charge in [0.05, 0.1) is 17.9 Å². The molecule has 5 rings (SSSR count). The highest BCUT2D eigenvalue weighted by Crippen LogP contribution is 2.20. The highest BCUT2D eigenvalue weighted by Gasteiger charge is 2.18. The largest absolute Gasteiger partial charge is 0.360 e. The van der Waals surface area contributed by atoms with E-state index in [1.165, 1.54) is 0 Å². The van der Waals surface area contributed by atoms with E-state index in [1.54, 1.807) is 32.1 Å². The van der Waals surface area contributed by atoms with E-state index in [4.69, 9.17) is 4.98 Å². The van der Waals surface area contributed by atoms with Crippen molar-refractivity contribution in [1.82, 2.24) is 28.5 Å². The highest BCUT2D eigenvalue weighted by atomic mass is 16.1. The summed E-state index contributed by atoms with van der Waals surface area (Å²) in [6.07, 6.45) is 5.14. The molecule has 1 N–H and O–H groups in total. The Morgan fingerprint density at radius 2 is 1.82 bits per heavy atom. The molecule has 0 fully saturated rings. The van der Waals surface area contributed by atoms with Crippen LogP contribution in [-0.4, -0.2) is 28.5 Å².